The number of anilines is 2. The number of pyridine rings is 1. The Morgan fingerprint density at radius 2 is 1.81 bits per heavy atom. The molecule has 0 saturated heterocycles. The molecule has 1 aromatic heterocycles. The van der Waals surface area contributed by atoms with Crippen LogP contribution in [-0.4, -0.2) is 51.0 Å². The maximum atomic E-state index is 13.3. The molecule has 228 valence electrons. The van der Waals surface area contributed by atoms with Crippen molar-refractivity contribution in [2.75, 3.05) is 29.9 Å². The largest absolute Gasteiger partial charge is 0.367 e. The highest BCUT2D eigenvalue weighted by Gasteiger charge is 2.31. The molecule has 1 fully saturated rings. The maximum absolute atomic E-state index is 13.3. The van der Waals surface area contributed by atoms with Gasteiger partial charge >= 0.3 is 0 Å². The van der Waals surface area contributed by atoms with Crippen LogP contribution in [0.2, 0.25) is 0 Å². The summed E-state index contributed by atoms with van der Waals surface area (Å²) in [5.74, 6) is -0.511. The minimum Gasteiger partial charge on any atom is -0.367 e. The molecule has 0 bridgehead atoms. The van der Waals surface area contributed by atoms with Gasteiger partial charge in [0.15, 0.2) is 0 Å². The van der Waals surface area contributed by atoms with E-state index in [9.17, 15) is 22.4 Å². The molecule has 1 atom stereocenters. The van der Waals surface area contributed by atoms with Gasteiger partial charge in [-0.15, -0.1) is 0 Å². The quantitative estimate of drug-likeness (QED) is 0.318. The monoisotopic (exact) mass is 609 g/mol. The molecule has 0 spiro atoms. The molecule has 2 aromatic carbocycles. The average molecular weight is 610 g/mol. The molecule has 10 nitrogen and oxygen atoms in total. The Hall–Kier alpha value is -3.87. The number of rotatable bonds is 10. The van der Waals surface area contributed by atoms with E-state index < -0.39 is 10.0 Å². The van der Waals surface area contributed by atoms with Crippen molar-refractivity contribution >= 4 is 33.3 Å². The second-order valence-electron chi connectivity index (χ2n) is 10.9. The number of carbonyl (C=O) groups excluding carboxylic acids is 2. The third kappa shape index (κ3) is 7.75. The lowest BCUT2D eigenvalue weighted by Crippen LogP contribution is -2.42. The molecule has 3 N–H and O–H groups in total. The molecular weight excluding hydrogens is 573 g/mol. The minimum atomic E-state index is -3.93. The second kappa shape index (κ2) is 13.6. The van der Waals surface area contributed by atoms with Crippen LogP contribution in [0.4, 0.5) is 15.9 Å². The number of nitrogens with one attached hydrogen (secondary N) is 3. The van der Waals surface area contributed by atoms with E-state index in [2.05, 4.69) is 20.3 Å². The molecule has 3 aromatic rings. The van der Waals surface area contributed by atoms with Crippen molar-refractivity contribution in [3.05, 3.63) is 83.8 Å². The number of aromatic nitrogens is 1. The summed E-state index contributed by atoms with van der Waals surface area (Å²) in [7, 11) is -3.93. The predicted molar refractivity (Wildman–Crippen MR) is 160 cm³/mol. The fraction of sp³-hybridized carbons (Fsp3) is 0.387. The first-order valence-corrected chi connectivity index (χ1v) is 15.9. The highest BCUT2D eigenvalue weighted by atomic mass is 32.2. The lowest BCUT2D eigenvalue weighted by atomic mass is 9.85. The second-order valence-corrected chi connectivity index (χ2v) is 12.7. The smallest absolute Gasteiger partial charge is 0.253 e. The van der Waals surface area contributed by atoms with Crippen molar-refractivity contribution in [3.8, 4) is 0 Å². The van der Waals surface area contributed by atoms with Crippen LogP contribution < -0.4 is 20.3 Å². The van der Waals surface area contributed by atoms with Crippen LogP contribution in [0.25, 0.3) is 0 Å². The van der Waals surface area contributed by atoms with Gasteiger partial charge in [-0.3, -0.25) is 9.59 Å². The Bertz CT molecular complexity index is 1530. The number of fused-ring (bicyclic) bond motifs is 1. The topological polar surface area (TPSA) is 130 Å². The van der Waals surface area contributed by atoms with Gasteiger partial charge < -0.3 is 20.3 Å². The van der Waals surface area contributed by atoms with Crippen molar-refractivity contribution < 1.29 is 27.1 Å². The minimum absolute atomic E-state index is 0.0362. The number of benzene rings is 2. The highest BCUT2D eigenvalue weighted by Crippen LogP contribution is 2.31. The van der Waals surface area contributed by atoms with Crippen molar-refractivity contribution in [1.29, 1.82) is 0 Å². The fourth-order valence-electron chi connectivity index (χ4n) is 5.42. The molecular formula is C31H36FN5O5S. The average Bonchev–Trinajstić information content (AvgIpc) is 3.01. The normalized spacial score (nSPS) is 19.2. The van der Waals surface area contributed by atoms with Gasteiger partial charge in [0.05, 0.1) is 18.3 Å². The van der Waals surface area contributed by atoms with Gasteiger partial charge in [0, 0.05) is 31.2 Å². The van der Waals surface area contributed by atoms with E-state index >= 15 is 0 Å². The van der Waals surface area contributed by atoms with Crippen LogP contribution in [0.1, 0.15) is 49.8 Å². The number of sulfonamides is 1. The Labute approximate surface area is 251 Å². The summed E-state index contributed by atoms with van der Waals surface area (Å²) in [6.45, 7) is 2.82. The van der Waals surface area contributed by atoms with Crippen molar-refractivity contribution in [3.63, 3.8) is 0 Å². The third-order valence-corrected chi connectivity index (χ3v) is 9.35. The fourth-order valence-corrected chi connectivity index (χ4v) is 6.69. The van der Waals surface area contributed by atoms with Gasteiger partial charge in [0.1, 0.15) is 23.1 Å². The summed E-state index contributed by atoms with van der Waals surface area (Å²) in [5.41, 5.74) is 2.15. The summed E-state index contributed by atoms with van der Waals surface area (Å²) >= 11 is 0. The summed E-state index contributed by atoms with van der Waals surface area (Å²) in [5, 5.41) is 6.10. The Morgan fingerprint density at radius 3 is 2.53 bits per heavy atom. The highest BCUT2D eigenvalue weighted by molar-refractivity contribution is 7.89. The van der Waals surface area contributed by atoms with Crippen molar-refractivity contribution in [1.82, 2.24) is 15.0 Å². The van der Waals surface area contributed by atoms with E-state index in [0.717, 1.165) is 11.1 Å². The zero-order valence-electron chi connectivity index (χ0n) is 24.0. The van der Waals surface area contributed by atoms with E-state index in [-0.39, 0.29) is 47.1 Å². The molecule has 2 heterocycles. The molecule has 0 radical (unpaired) electrons. The number of carbonyl (C=O) groups is 2. The standard InChI is InChI=1S/C31H36FN5O5S/c1-21(23-7-11-25(32)12-8-23)35-31(39)24-9-13-26(14-10-24)36-43(40,41)27-17-28-30(34-18-27)33-15-16-37(28)29(38)20-42-19-22-5-3-2-4-6-22/h2-8,11-12,17-18,21,24,26,36H,9-10,13-16,19-20H2,1H3,(H,33,34)(H,35,39)/t21-,24-,26-/m1/s1. The molecule has 2 aliphatic rings. The molecule has 43 heavy (non-hydrogen) atoms. The number of hydrogen-bond acceptors (Lipinski definition) is 7. The third-order valence-electron chi connectivity index (χ3n) is 7.86. The van der Waals surface area contributed by atoms with E-state index in [1.807, 2.05) is 37.3 Å². The lowest BCUT2D eigenvalue weighted by Gasteiger charge is -2.31. The maximum Gasteiger partial charge on any atom is 0.253 e. The predicted octanol–water partition coefficient (Wildman–Crippen LogP) is 3.91. The summed E-state index contributed by atoms with van der Waals surface area (Å²) in [6.07, 6.45) is 3.36. The van der Waals surface area contributed by atoms with Crippen molar-refractivity contribution in [2.24, 2.45) is 5.92 Å². The molecule has 1 aliphatic carbocycles. The van der Waals surface area contributed by atoms with Gasteiger partial charge in [-0.25, -0.2) is 22.5 Å². The number of halogens is 1. The number of amides is 2. The van der Waals surface area contributed by atoms with Crippen molar-refractivity contribution in [2.45, 2.75) is 56.2 Å². The van der Waals surface area contributed by atoms with Crippen LogP contribution in [0, 0.1) is 11.7 Å². The summed E-state index contributed by atoms with van der Waals surface area (Å²) in [6, 6.07) is 16.4. The first kappa shape index (κ1) is 30.6. The lowest BCUT2D eigenvalue weighted by molar-refractivity contribution is -0.126. The number of nitrogens with zero attached hydrogens (tertiary/aromatic N) is 2. The number of ether oxygens (including phenoxy) is 1. The van der Waals surface area contributed by atoms with E-state index in [0.29, 0.717) is 56.9 Å². The van der Waals surface area contributed by atoms with Gasteiger partial charge in [0.2, 0.25) is 15.9 Å². The van der Waals surface area contributed by atoms with Gasteiger partial charge in [-0.05, 0) is 61.9 Å². The van der Waals surface area contributed by atoms with Crippen LogP contribution in [0.15, 0.2) is 71.8 Å². The summed E-state index contributed by atoms with van der Waals surface area (Å²) < 4.78 is 48.3. The van der Waals surface area contributed by atoms with E-state index in [1.54, 1.807) is 12.1 Å². The van der Waals surface area contributed by atoms with Gasteiger partial charge in [-0.2, -0.15) is 0 Å². The SMILES string of the molecule is C[C@@H](NC(=O)[C@H]1CC[C@H](NS(=O)(=O)c2cnc3c(c2)N(C(=O)COCc2ccccc2)CCN3)CC1)c1ccc(F)cc1. The first-order valence-electron chi connectivity index (χ1n) is 14.4. The van der Waals surface area contributed by atoms with E-state index in [1.165, 1.54) is 29.3 Å². The van der Waals surface area contributed by atoms with Crippen LogP contribution in [0.3, 0.4) is 0 Å². The molecule has 2 amide bonds. The molecule has 1 saturated carbocycles. The number of hydrogen-bond donors (Lipinski definition) is 3. The van der Waals surface area contributed by atoms with Crippen LogP contribution in [-0.2, 0) is 31.0 Å². The van der Waals surface area contributed by atoms with Crippen LogP contribution >= 0.6 is 0 Å². The Balaban J connectivity index is 1.16. The molecule has 0 unspecified atom stereocenters. The van der Waals surface area contributed by atoms with Gasteiger partial charge in [0.25, 0.3) is 5.91 Å². The first-order chi connectivity index (χ1) is 20.7. The Morgan fingerprint density at radius 1 is 1.09 bits per heavy atom. The Kier molecular flexibility index (Phi) is 9.69. The molecule has 12 heteroatoms. The zero-order valence-corrected chi connectivity index (χ0v) is 24.8. The van der Waals surface area contributed by atoms with E-state index in [4.69, 9.17) is 4.74 Å². The molecule has 5 rings (SSSR count). The molecule has 1 aliphatic heterocycles. The zero-order chi connectivity index (χ0) is 30.4. The van der Waals surface area contributed by atoms with Gasteiger partial charge in [-0.1, -0.05) is 42.5 Å². The summed E-state index contributed by atoms with van der Waals surface area (Å²) in [4.78, 5) is 31.6. The van der Waals surface area contributed by atoms with Crippen LogP contribution in [0.5, 0.6) is 0 Å².